The number of carbonyl (C=O) groups excluding carboxylic acids is 10. The molecule has 7 atom stereocenters. The Bertz CT molecular complexity index is 2240. The Kier molecular flexibility index (Phi) is 22.0. The highest BCUT2D eigenvalue weighted by atomic mass is 33.1. The second-order valence-corrected chi connectivity index (χ2v) is 19.2. The molecule has 10 amide bonds. The molecule has 0 aromatic heterocycles. The number of aliphatic imine (C=N–C) groups is 1. The van der Waals surface area contributed by atoms with E-state index in [2.05, 4.69) is 36.9 Å². The Labute approximate surface area is 411 Å². The Hall–Kier alpha value is -7.09. The van der Waals surface area contributed by atoms with Crippen molar-refractivity contribution in [2.45, 2.75) is 107 Å². The number of phenols is 1. The predicted molar refractivity (Wildman–Crippen MR) is 259 cm³/mol. The van der Waals surface area contributed by atoms with Crippen molar-refractivity contribution in [1.29, 1.82) is 0 Å². The van der Waals surface area contributed by atoms with E-state index in [0.29, 0.717) is 17.5 Å². The third kappa shape index (κ3) is 18.4. The molecule has 70 heavy (non-hydrogen) atoms. The summed E-state index contributed by atoms with van der Waals surface area (Å²) < 4.78 is 0. The second kappa shape index (κ2) is 27.8. The van der Waals surface area contributed by atoms with Crippen molar-refractivity contribution in [3.05, 3.63) is 65.7 Å². The van der Waals surface area contributed by atoms with Crippen molar-refractivity contribution in [3.8, 4) is 5.75 Å². The van der Waals surface area contributed by atoms with Gasteiger partial charge in [-0.3, -0.25) is 52.9 Å². The first-order valence-corrected chi connectivity index (χ1v) is 24.9. The van der Waals surface area contributed by atoms with Gasteiger partial charge in [-0.2, -0.15) is 0 Å². The number of phenolic OH excluding ortho intramolecular Hbond substituents is 1. The van der Waals surface area contributed by atoms with E-state index < -0.39 is 121 Å². The molecule has 0 saturated carbocycles. The number of nitrogens with two attached hydrogens (primary N) is 5. The van der Waals surface area contributed by atoms with Gasteiger partial charge in [-0.25, -0.2) is 0 Å². The van der Waals surface area contributed by atoms with Gasteiger partial charge in [-0.15, -0.1) is 0 Å². The van der Waals surface area contributed by atoms with Gasteiger partial charge in [0.2, 0.25) is 59.1 Å². The molecule has 0 radical (unpaired) electrons. The maximum Gasteiger partial charge on any atom is 0.246 e. The lowest BCUT2D eigenvalue weighted by atomic mass is 10.0. The molecule has 2 aliphatic rings. The quantitative estimate of drug-likeness (QED) is 0.0317. The molecule has 24 nitrogen and oxygen atoms in total. The van der Waals surface area contributed by atoms with E-state index in [1.54, 1.807) is 42.5 Å². The van der Waals surface area contributed by atoms with Crippen LogP contribution < -0.4 is 60.6 Å². The number of carbonyl (C=O) groups is 10. The Morgan fingerprint density at radius 1 is 0.743 bits per heavy atom. The van der Waals surface area contributed by atoms with Crippen LogP contribution in [-0.2, 0) is 60.8 Å². The average molecular weight is 1010 g/mol. The lowest BCUT2D eigenvalue weighted by molar-refractivity contribution is -0.142. The minimum atomic E-state index is -1.74. The van der Waals surface area contributed by atoms with Gasteiger partial charge in [0.05, 0.1) is 6.42 Å². The fourth-order valence-electron chi connectivity index (χ4n) is 7.50. The summed E-state index contributed by atoms with van der Waals surface area (Å²) in [5.41, 5.74) is 28.4. The van der Waals surface area contributed by atoms with Gasteiger partial charge in [-0.1, -0.05) is 64.1 Å². The summed E-state index contributed by atoms with van der Waals surface area (Å²) in [4.78, 5) is 140. The fraction of sp³-hybridized carbons (Fsp3) is 0.477. The summed E-state index contributed by atoms with van der Waals surface area (Å²) >= 11 is 0. The molecule has 2 saturated heterocycles. The molecule has 0 unspecified atom stereocenters. The van der Waals surface area contributed by atoms with Gasteiger partial charge in [0.15, 0.2) is 5.96 Å². The molecule has 4 rings (SSSR count). The van der Waals surface area contributed by atoms with Gasteiger partial charge in [0, 0.05) is 50.3 Å². The molecule has 26 heteroatoms. The molecule has 2 aromatic rings. The zero-order chi connectivity index (χ0) is 51.3. The lowest BCUT2D eigenvalue weighted by Crippen LogP contribution is -2.61. The number of rotatable bonds is 17. The number of nitrogens with zero attached hydrogens (tertiary/aromatic N) is 2. The lowest BCUT2D eigenvalue weighted by Gasteiger charge is -2.30. The van der Waals surface area contributed by atoms with Gasteiger partial charge in [0.25, 0.3) is 0 Å². The van der Waals surface area contributed by atoms with Crippen LogP contribution in [-0.4, -0.2) is 142 Å². The number of nitrogens with one attached hydrogen (secondary N) is 6. The topological polar surface area (TPSA) is 409 Å². The first kappa shape index (κ1) is 55.5. The number of likely N-dealkylation sites (tertiary alicyclic amines) is 1. The van der Waals surface area contributed by atoms with Gasteiger partial charge >= 0.3 is 0 Å². The largest absolute Gasteiger partial charge is 0.508 e. The van der Waals surface area contributed by atoms with Crippen molar-refractivity contribution < 1.29 is 53.1 Å². The second-order valence-electron chi connectivity index (χ2n) is 16.6. The minimum Gasteiger partial charge on any atom is -0.508 e. The number of primary amides is 3. The highest BCUT2D eigenvalue weighted by Crippen LogP contribution is 2.26. The first-order valence-electron chi connectivity index (χ1n) is 22.4. The van der Waals surface area contributed by atoms with Crippen LogP contribution in [0, 0.1) is 0 Å². The van der Waals surface area contributed by atoms with Crippen LogP contribution in [0.2, 0.25) is 0 Å². The molecular weight excluding hydrogens is 951 g/mol. The Morgan fingerprint density at radius 3 is 1.97 bits per heavy atom. The van der Waals surface area contributed by atoms with Crippen molar-refractivity contribution in [1.82, 2.24) is 36.8 Å². The fourth-order valence-corrected chi connectivity index (χ4v) is 9.65. The summed E-state index contributed by atoms with van der Waals surface area (Å²) in [5, 5.41) is 25.4. The highest BCUT2D eigenvalue weighted by molar-refractivity contribution is 8.76. The average Bonchev–Trinajstić information content (AvgIpc) is 3.80. The van der Waals surface area contributed by atoms with E-state index >= 15 is 0 Å². The van der Waals surface area contributed by atoms with Gasteiger partial charge in [-0.05, 0) is 55.4 Å². The van der Waals surface area contributed by atoms with Crippen LogP contribution in [0.1, 0.15) is 62.5 Å². The van der Waals surface area contributed by atoms with E-state index in [9.17, 15) is 53.1 Å². The molecule has 2 heterocycles. The minimum absolute atomic E-state index is 0.0329. The van der Waals surface area contributed by atoms with Crippen LogP contribution in [0.5, 0.6) is 5.75 Å². The van der Waals surface area contributed by atoms with Crippen LogP contribution >= 0.6 is 21.6 Å². The van der Waals surface area contributed by atoms with Crippen LogP contribution in [0.3, 0.4) is 0 Å². The molecule has 2 aromatic carbocycles. The van der Waals surface area contributed by atoms with Crippen LogP contribution in [0.25, 0.3) is 0 Å². The van der Waals surface area contributed by atoms with Crippen LogP contribution in [0.15, 0.2) is 59.6 Å². The van der Waals surface area contributed by atoms with Crippen molar-refractivity contribution >= 4 is 86.6 Å². The zero-order valence-electron chi connectivity index (χ0n) is 38.3. The van der Waals surface area contributed by atoms with E-state index in [4.69, 9.17) is 28.7 Å². The summed E-state index contributed by atoms with van der Waals surface area (Å²) in [5.74, 6) is -8.69. The summed E-state index contributed by atoms with van der Waals surface area (Å²) in [6, 6.07) is 4.86. The third-order valence-electron chi connectivity index (χ3n) is 11.1. The molecule has 0 aliphatic carbocycles. The standard InChI is InChI=1S/C44H61N13O11S2/c45-34(59)15-14-28-38(63)55-31(22-35(46)60)41(66)56-32(43(68)57-18-5-9-33(57)42(67)52-27(37(47)62)8-4-17-50-44(48)49)23-70-69-19-16-36(61)51-29(21-25-10-12-26(58)13-11-25)39(64)54-30(40(65)53-28)20-24-6-2-1-3-7-24/h1-3,6-7,10-13,27-33,58H,4-5,8-9,14-23H2,(H2,45,59)(H2,46,60)(H2,47,62)(H,51,61)(H,52,67)(H,53,65)(H,54,64)(H,55,63)(H,56,66)(H4,48,49,50)/t27-,28+,29+,30-,31-,32-,33+/m0/s1. The SMILES string of the molecule is NC(=O)CC[C@H]1NC(=O)[C@H](Cc2ccccc2)NC(=O)[C@@H](Cc2ccc(O)cc2)NC(=O)CCSSC[C@@H](C(=O)N2CCC[C@@H]2C(=O)N[C@@H](CCCN=C(N)N)C(N)=O)NC(=O)[C@H](CC(N)=O)NC1=O. The highest BCUT2D eigenvalue weighted by Gasteiger charge is 2.40. The number of benzene rings is 2. The number of hydrogen-bond donors (Lipinski definition) is 12. The summed E-state index contributed by atoms with van der Waals surface area (Å²) in [6.45, 7) is 0.228. The molecule has 0 spiro atoms. The first-order chi connectivity index (χ1) is 33.3. The maximum atomic E-state index is 14.4. The molecule has 380 valence electrons. The third-order valence-corrected chi connectivity index (χ3v) is 13.5. The number of guanidine groups is 1. The normalized spacial score (nSPS) is 22.4. The molecule has 2 fully saturated rings. The number of hydrogen-bond acceptors (Lipinski definition) is 14. The van der Waals surface area contributed by atoms with E-state index in [1.807, 2.05) is 0 Å². The summed E-state index contributed by atoms with van der Waals surface area (Å²) in [7, 11) is 2.23. The van der Waals surface area contributed by atoms with E-state index in [0.717, 1.165) is 21.6 Å². The van der Waals surface area contributed by atoms with Crippen molar-refractivity contribution in [2.75, 3.05) is 24.6 Å². The predicted octanol–water partition coefficient (Wildman–Crippen LogP) is -3.46. The molecule has 2 aliphatic heterocycles. The monoisotopic (exact) mass is 1010 g/mol. The molecule has 0 bridgehead atoms. The number of aromatic hydroxyl groups is 1. The van der Waals surface area contributed by atoms with E-state index in [-0.39, 0.29) is 74.8 Å². The number of amides is 10. The smallest absolute Gasteiger partial charge is 0.246 e. The van der Waals surface area contributed by atoms with Crippen molar-refractivity contribution in [3.63, 3.8) is 0 Å². The van der Waals surface area contributed by atoms with Gasteiger partial charge in [0.1, 0.15) is 48.0 Å². The van der Waals surface area contributed by atoms with E-state index in [1.165, 1.54) is 17.0 Å². The van der Waals surface area contributed by atoms with Crippen molar-refractivity contribution in [2.24, 2.45) is 33.7 Å². The van der Waals surface area contributed by atoms with Crippen LogP contribution in [0.4, 0.5) is 0 Å². The summed E-state index contributed by atoms with van der Waals surface area (Å²) in [6.07, 6.45) is -0.997. The maximum absolute atomic E-state index is 14.4. The molecule has 17 N–H and O–H groups in total. The Morgan fingerprint density at radius 2 is 1.34 bits per heavy atom. The Balaban J connectivity index is 1.68. The van der Waals surface area contributed by atoms with Gasteiger partial charge < -0.3 is 70.6 Å². The molecular formula is C44H61N13O11S2. The zero-order valence-corrected chi connectivity index (χ0v) is 39.9.